The molecule has 0 saturated heterocycles. The highest BCUT2D eigenvalue weighted by molar-refractivity contribution is 7.92. The maximum absolute atomic E-state index is 12.4. The van der Waals surface area contributed by atoms with Gasteiger partial charge >= 0.3 is 0 Å². The van der Waals surface area contributed by atoms with E-state index in [4.69, 9.17) is 17.3 Å². The van der Waals surface area contributed by atoms with Gasteiger partial charge in [0.2, 0.25) is 5.95 Å². The van der Waals surface area contributed by atoms with Gasteiger partial charge < -0.3 is 5.73 Å². The van der Waals surface area contributed by atoms with Gasteiger partial charge in [0.1, 0.15) is 0 Å². The molecular formula is C15H12ClN5O2S. The number of nitrogens with two attached hydrogens (primary N) is 1. The summed E-state index contributed by atoms with van der Waals surface area (Å²) in [5.41, 5.74) is 6.85. The zero-order valence-corrected chi connectivity index (χ0v) is 13.8. The molecular weight excluding hydrogens is 350 g/mol. The molecule has 0 fully saturated rings. The molecule has 0 aliphatic carbocycles. The van der Waals surface area contributed by atoms with Gasteiger partial charge in [-0.15, -0.1) is 0 Å². The van der Waals surface area contributed by atoms with Crippen molar-refractivity contribution in [2.75, 3.05) is 10.5 Å². The molecule has 0 aliphatic heterocycles. The first-order valence-corrected chi connectivity index (χ1v) is 8.63. The number of pyridine rings is 1. The monoisotopic (exact) mass is 361 g/mol. The minimum Gasteiger partial charge on any atom is -0.368 e. The van der Waals surface area contributed by atoms with E-state index in [2.05, 4.69) is 19.7 Å². The molecule has 3 rings (SSSR count). The largest absolute Gasteiger partial charge is 0.368 e. The Morgan fingerprint density at radius 3 is 2.25 bits per heavy atom. The first-order chi connectivity index (χ1) is 11.5. The van der Waals surface area contributed by atoms with Crippen molar-refractivity contribution < 1.29 is 8.42 Å². The van der Waals surface area contributed by atoms with Gasteiger partial charge in [0, 0.05) is 29.7 Å². The molecule has 0 bridgehead atoms. The highest BCUT2D eigenvalue weighted by atomic mass is 35.5. The van der Waals surface area contributed by atoms with E-state index in [1.54, 1.807) is 24.3 Å². The predicted octanol–water partition coefficient (Wildman–Crippen LogP) is 2.58. The number of anilines is 2. The minimum absolute atomic E-state index is 0.0367. The van der Waals surface area contributed by atoms with Crippen LogP contribution >= 0.6 is 11.6 Å². The third-order valence-corrected chi connectivity index (χ3v) is 4.82. The molecule has 0 atom stereocenters. The number of halogens is 1. The first-order valence-electron chi connectivity index (χ1n) is 6.77. The van der Waals surface area contributed by atoms with Crippen molar-refractivity contribution in [1.82, 2.24) is 15.0 Å². The first kappa shape index (κ1) is 16.2. The summed E-state index contributed by atoms with van der Waals surface area (Å²) in [4.78, 5) is 11.9. The molecule has 0 aliphatic rings. The number of hydrogen-bond donors (Lipinski definition) is 2. The average Bonchev–Trinajstić information content (AvgIpc) is 2.58. The second kappa shape index (κ2) is 6.42. The van der Waals surface area contributed by atoms with Crippen LogP contribution in [-0.2, 0) is 10.0 Å². The molecule has 2 heterocycles. The van der Waals surface area contributed by atoms with Crippen molar-refractivity contribution >= 4 is 33.3 Å². The van der Waals surface area contributed by atoms with Crippen LogP contribution in [0.3, 0.4) is 0 Å². The van der Waals surface area contributed by atoms with Crippen molar-refractivity contribution in [3.05, 3.63) is 60.1 Å². The van der Waals surface area contributed by atoms with E-state index in [0.717, 1.165) is 0 Å². The SMILES string of the molecule is Nc1ncc(-c2cnc(Cl)c(NS(=O)(=O)c3ccccc3)c2)cn1. The Morgan fingerprint density at radius 2 is 1.58 bits per heavy atom. The van der Waals surface area contributed by atoms with Crippen molar-refractivity contribution in [2.45, 2.75) is 4.90 Å². The smallest absolute Gasteiger partial charge is 0.261 e. The summed E-state index contributed by atoms with van der Waals surface area (Å²) in [7, 11) is -3.77. The molecule has 3 N–H and O–H groups in total. The second-order valence-corrected chi connectivity index (χ2v) is 6.85. The van der Waals surface area contributed by atoms with Gasteiger partial charge in [0.05, 0.1) is 10.6 Å². The fraction of sp³-hybridized carbons (Fsp3) is 0. The number of aromatic nitrogens is 3. The molecule has 0 saturated carbocycles. The van der Waals surface area contributed by atoms with Crippen molar-refractivity contribution in [3.63, 3.8) is 0 Å². The summed E-state index contributed by atoms with van der Waals surface area (Å²) in [6, 6.07) is 9.54. The van der Waals surface area contributed by atoms with Gasteiger partial charge in [-0.3, -0.25) is 4.72 Å². The lowest BCUT2D eigenvalue weighted by Crippen LogP contribution is -2.13. The molecule has 0 radical (unpaired) electrons. The Balaban J connectivity index is 1.97. The lowest BCUT2D eigenvalue weighted by Gasteiger charge is -2.10. The molecule has 0 amide bonds. The van der Waals surface area contributed by atoms with Gasteiger partial charge in [0.15, 0.2) is 5.15 Å². The summed E-state index contributed by atoms with van der Waals surface area (Å²) in [6.45, 7) is 0. The second-order valence-electron chi connectivity index (χ2n) is 4.81. The van der Waals surface area contributed by atoms with Crippen LogP contribution < -0.4 is 10.5 Å². The van der Waals surface area contributed by atoms with Crippen LogP contribution in [0.15, 0.2) is 59.9 Å². The highest BCUT2D eigenvalue weighted by Crippen LogP contribution is 2.28. The molecule has 7 nitrogen and oxygen atoms in total. The number of nitrogens with zero attached hydrogens (tertiary/aromatic N) is 3. The number of benzene rings is 1. The zero-order chi connectivity index (χ0) is 17.2. The van der Waals surface area contributed by atoms with E-state index in [-0.39, 0.29) is 21.7 Å². The summed E-state index contributed by atoms with van der Waals surface area (Å²) >= 11 is 6.01. The number of nitrogens with one attached hydrogen (secondary N) is 1. The van der Waals surface area contributed by atoms with Gasteiger partial charge in [-0.2, -0.15) is 0 Å². The maximum atomic E-state index is 12.4. The van der Waals surface area contributed by atoms with E-state index in [1.165, 1.54) is 30.7 Å². The van der Waals surface area contributed by atoms with E-state index < -0.39 is 10.0 Å². The van der Waals surface area contributed by atoms with E-state index >= 15 is 0 Å². The summed E-state index contributed by atoms with van der Waals surface area (Å²) in [5, 5.41) is 0.0367. The predicted molar refractivity (Wildman–Crippen MR) is 91.9 cm³/mol. The summed E-state index contributed by atoms with van der Waals surface area (Å²) in [6.07, 6.45) is 4.53. The van der Waals surface area contributed by atoms with Crippen molar-refractivity contribution in [1.29, 1.82) is 0 Å². The van der Waals surface area contributed by atoms with Gasteiger partial charge in [0.25, 0.3) is 10.0 Å². The third-order valence-electron chi connectivity index (χ3n) is 3.14. The summed E-state index contributed by atoms with van der Waals surface area (Å²) in [5.74, 6) is 0.144. The van der Waals surface area contributed by atoms with E-state index in [0.29, 0.717) is 11.1 Å². The quantitative estimate of drug-likeness (QED) is 0.691. The Morgan fingerprint density at radius 1 is 0.958 bits per heavy atom. The zero-order valence-electron chi connectivity index (χ0n) is 12.2. The number of nitrogen functional groups attached to an aromatic ring is 1. The maximum Gasteiger partial charge on any atom is 0.261 e. The molecule has 1 aromatic carbocycles. The van der Waals surface area contributed by atoms with Crippen molar-refractivity contribution in [3.8, 4) is 11.1 Å². The summed E-state index contributed by atoms with van der Waals surface area (Å²) < 4.78 is 27.3. The van der Waals surface area contributed by atoms with Crippen LogP contribution in [0.1, 0.15) is 0 Å². The molecule has 2 aromatic heterocycles. The molecule has 0 unspecified atom stereocenters. The average molecular weight is 362 g/mol. The lowest BCUT2D eigenvalue weighted by atomic mass is 10.1. The normalized spacial score (nSPS) is 11.2. The fourth-order valence-electron chi connectivity index (χ4n) is 1.97. The van der Waals surface area contributed by atoms with Crippen LogP contribution in [0.5, 0.6) is 0 Å². The van der Waals surface area contributed by atoms with Crippen LogP contribution in [0.25, 0.3) is 11.1 Å². The van der Waals surface area contributed by atoms with Gasteiger partial charge in [-0.05, 0) is 18.2 Å². The Hall–Kier alpha value is -2.71. The van der Waals surface area contributed by atoms with Crippen LogP contribution in [0.2, 0.25) is 5.15 Å². The third kappa shape index (κ3) is 3.44. The minimum atomic E-state index is -3.77. The van der Waals surface area contributed by atoms with Crippen molar-refractivity contribution in [2.24, 2.45) is 0 Å². The molecule has 122 valence electrons. The Bertz CT molecular complexity index is 963. The van der Waals surface area contributed by atoms with Crippen LogP contribution in [0, 0.1) is 0 Å². The molecule has 9 heteroatoms. The number of sulfonamides is 1. The molecule has 3 aromatic rings. The number of hydrogen-bond acceptors (Lipinski definition) is 6. The van der Waals surface area contributed by atoms with Gasteiger partial charge in [-0.1, -0.05) is 29.8 Å². The van der Waals surface area contributed by atoms with E-state index in [1.807, 2.05) is 0 Å². The van der Waals surface area contributed by atoms with Crippen LogP contribution in [0.4, 0.5) is 11.6 Å². The lowest BCUT2D eigenvalue weighted by molar-refractivity contribution is 0.601. The van der Waals surface area contributed by atoms with E-state index in [9.17, 15) is 8.42 Å². The fourth-order valence-corrected chi connectivity index (χ4v) is 3.25. The van der Waals surface area contributed by atoms with Crippen LogP contribution in [-0.4, -0.2) is 23.4 Å². The standard InChI is InChI=1S/C15H12ClN5O2S/c16-14-13(21-24(22,23)12-4-2-1-3-5-12)6-10(7-18-14)11-8-19-15(17)20-9-11/h1-9,21H,(H2,17,19,20). The number of rotatable bonds is 4. The molecule has 24 heavy (non-hydrogen) atoms. The highest BCUT2D eigenvalue weighted by Gasteiger charge is 2.16. The Kier molecular flexibility index (Phi) is 4.32. The Labute approximate surface area is 143 Å². The molecule has 0 spiro atoms. The van der Waals surface area contributed by atoms with Gasteiger partial charge in [-0.25, -0.2) is 23.4 Å². The topological polar surface area (TPSA) is 111 Å².